The number of hydrogen-bond acceptors (Lipinski definition) is 1. The van der Waals surface area contributed by atoms with E-state index in [9.17, 15) is 4.39 Å². The van der Waals surface area contributed by atoms with Crippen LogP contribution >= 0.6 is 31.9 Å². The summed E-state index contributed by atoms with van der Waals surface area (Å²) >= 11 is 6.73. The molecule has 21 heavy (non-hydrogen) atoms. The van der Waals surface area contributed by atoms with Gasteiger partial charge in [-0.15, -0.1) is 0 Å². The predicted octanol–water partition coefficient (Wildman–Crippen LogP) is 6.15. The van der Waals surface area contributed by atoms with Gasteiger partial charge in [-0.2, -0.15) is 0 Å². The van der Waals surface area contributed by atoms with Gasteiger partial charge in [0.2, 0.25) is 0 Å². The molecule has 0 heterocycles. The number of hydrogen-bond donors (Lipinski definition) is 1. The van der Waals surface area contributed by atoms with Gasteiger partial charge in [-0.3, -0.25) is 0 Å². The molecule has 2 aromatic rings. The molecule has 0 spiro atoms. The van der Waals surface area contributed by atoms with Crippen LogP contribution in [0.25, 0.3) is 0 Å². The van der Waals surface area contributed by atoms with Crippen molar-refractivity contribution in [2.45, 2.75) is 32.4 Å². The minimum Gasteiger partial charge on any atom is -0.303 e. The lowest BCUT2D eigenvalue weighted by Crippen LogP contribution is -2.24. The number of benzene rings is 2. The van der Waals surface area contributed by atoms with Gasteiger partial charge in [0.25, 0.3) is 0 Å². The second kappa shape index (κ2) is 7.52. The van der Waals surface area contributed by atoms with E-state index in [1.807, 2.05) is 31.2 Å². The summed E-state index contributed by atoms with van der Waals surface area (Å²) in [5.41, 5.74) is 1.90. The molecule has 0 saturated heterocycles. The summed E-state index contributed by atoms with van der Waals surface area (Å²) in [6, 6.07) is 13.6. The van der Waals surface area contributed by atoms with E-state index in [1.165, 1.54) is 11.6 Å². The summed E-state index contributed by atoms with van der Waals surface area (Å²) in [5.74, 6) is -0.185. The lowest BCUT2D eigenvalue weighted by molar-refractivity contribution is 0.442. The Kier molecular flexibility index (Phi) is 5.97. The van der Waals surface area contributed by atoms with Crippen LogP contribution in [-0.4, -0.2) is 0 Å². The first-order valence-corrected chi connectivity index (χ1v) is 8.56. The quantitative estimate of drug-likeness (QED) is 0.618. The standard InChI is InChI=1S/C17H18Br2FN/c1-3-17(12-4-6-13(18)7-5-12)21-11(2)15-9-8-14(19)10-16(15)20/h4-11,17,21H,3H2,1-2H3. The zero-order valence-corrected chi connectivity index (χ0v) is 15.2. The Balaban J connectivity index is 2.15. The Morgan fingerprint density at radius 1 is 1.05 bits per heavy atom. The van der Waals surface area contributed by atoms with E-state index in [-0.39, 0.29) is 17.9 Å². The molecule has 4 heteroatoms. The van der Waals surface area contributed by atoms with Crippen molar-refractivity contribution in [1.29, 1.82) is 0 Å². The third-order valence-corrected chi connectivity index (χ3v) is 4.58. The summed E-state index contributed by atoms with van der Waals surface area (Å²) in [4.78, 5) is 0. The van der Waals surface area contributed by atoms with Crippen LogP contribution in [0.15, 0.2) is 51.4 Å². The maximum Gasteiger partial charge on any atom is 0.129 e. The third kappa shape index (κ3) is 4.38. The highest BCUT2D eigenvalue weighted by Crippen LogP contribution is 2.26. The summed E-state index contributed by atoms with van der Waals surface area (Å²) in [6.45, 7) is 4.12. The molecule has 1 nitrogen and oxygen atoms in total. The van der Waals surface area contributed by atoms with E-state index in [1.54, 1.807) is 0 Å². The van der Waals surface area contributed by atoms with Crippen molar-refractivity contribution in [1.82, 2.24) is 5.32 Å². The van der Waals surface area contributed by atoms with E-state index in [0.29, 0.717) is 5.56 Å². The van der Waals surface area contributed by atoms with Crippen LogP contribution in [0.4, 0.5) is 4.39 Å². The molecule has 2 atom stereocenters. The zero-order chi connectivity index (χ0) is 15.4. The lowest BCUT2D eigenvalue weighted by Gasteiger charge is -2.23. The molecular weight excluding hydrogens is 397 g/mol. The fourth-order valence-electron chi connectivity index (χ4n) is 2.39. The molecular formula is C17H18Br2FN. The van der Waals surface area contributed by atoms with Gasteiger partial charge in [0.1, 0.15) is 5.82 Å². The normalized spacial score (nSPS) is 14.0. The van der Waals surface area contributed by atoms with Crippen LogP contribution in [0.1, 0.15) is 43.5 Å². The van der Waals surface area contributed by atoms with Crippen LogP contribution in [0.5, 0.6) is 0 Å². The van der Waals surface area contributed by atoms with E-state index in [0.717, 1.165) is 15.4 Å². The maximum atomic E-state index is 14.0. The summed E-state index contributed by atoms with van der Waals surface area (Å²) in [6.07, 6.45) is 0.949. The minimum absolute atomic E-state index is 0.0494. The van der Waals surface area contributed by atoms with Crippen molar-refractivity contribution in [3.63, 3.8) is 0 Å². The second-order valence-corrected chi connectivity index (χ2v) is 6.90. The molecule has 0 aliphatic carbocycles. The van der Waals surface area contributed by atoms with Gasteiger partial charge in [-0.25, -0.2) is 4.39 Å². The molecule has 0 aromatic heterocycles. The van der Waals surface area contributed by atoms with Crippen molar-refractivity contribution >= 4 is 31.9 Å². The van der Waals surface area contributed by atoms with Crippen molar-refractivity contribution in [3.8, 4) is 0 Å². The summed E-state index contributed by atoms with van der Waals surface area (Å²) in [7, 11) is 0. The summed E-state index contributed by atoms with van der Waals surface area (Å²) < 4.78 is 15.9. The highest BCUT2D eigenvalue weighted by molar-refractivity contribution is 9.10. The van der Waals surface area contributed by atoms with Crippen LogP contribution in [0.3, 0.4) is 0 Å². The Morgan fingerprint density at radius 3 is 2.24 bits per heavy atom. The molecule has 1 N–H and O–H groups in total. The molecule has 0 aliphatic heterocycles. The van der Waals surface area contributed by atoms with Gasteiger partial charge in [0.05, 0.1) is 0 Å². The number of nitrogens with one attached hydrogen (secondary N) is 1. The first-order chi connectivity index (χ1) is 10.0. The van der Waals surface area contributed by atoms with Gasteiger partial charge < -0.3 is 5.32 Å². The van der Waals surface area contributed by atoms with E-state index >= 15 is 0 Å². The predicted molar refractivity (Wildman–Crippen MR) is 92.8 cm³/mol. The first kappa shape index (κ1) is 16.7. The average molecular weight is 415 g/mol. The molecule has 0 radical (unpaired) electrons. The van der Waals surface area contributed by atoms with Gasteiger partial charge in [-0.1, -0.05) is 57.0 Å². The van der Waals surface area contributed by atoms with E-state index in [2.05, 4.69) is 56.2 Å². The van der Waals surface area contributed by atoms with E-state index < -0.39 is 0 Å². The minimum atomic E-state index is -0.185. The van der Waals surface area contributed by atoms with Crippen molar-refractivity contribution in [3.05, 3.63) is 68.4 Å². The van der Waals surface area contributed by atoms with Crippen LogP contribution in [-0.2, 0) is 0 Å². The largest absolute Gasteiger partial charge is 0.303 e. The number of rotatable bonds is 5. The average Bonchev–Trinajstić information content (AvgIpc) is 2.45. The Bertz CT molecular complexity index is 598. The summed E-state index contributed by atoms with van der Waals surface area (Å²) in [5, 5.41) is 3.51. The lowest BCUT2D eigenvalue weighted by atomic mass is 10.0. The Morgan fingerprint density at radius 2 is 1.67 bits per heavy atom. The second-order valence-electron chi connectivity index (χ2n) is 5.07. The van der Waals surface area contributed by atoms with Gasteiger partial charge >= 0.3 is 0 Å². The van der Waals surface area contributed by atoms with Crippen molar-refractivity contribution < 1.29 is 4.39 Å². The van der Waals surface area contributed by atoms with Crippen LogP contribution < -0.4 is 5.32 Å². The van der Waals surface area contributed by atoms with Crippen molar-refractivity contribution in [2.75, 3.05) is 0 Å². The zero-order valence-electron chi connectivity index (χ0n) is 12.0. The van der Waals surface area contributed by atoms with Crippen LogP contribution in [0.2, 0.25) is 0 Å². The smallest absolute Gasteiger partial charge is 0.129 e. The topological polar surface area (TPSA) is 12.0 Å². The molecule has 112 valence electrons. The molecule has 2 rings (SSSR count). The SMILES string of the molecule is CCC(NC(C)c1ccc(Br)cc1F)c1ccc(Br)cc1. The molecule has 2 aromatic carbocycles. The monoisotopic (exact) mass is 413 g/mol. The molecule has 2 unspecified atom stereocenters. The molecule has 0 bridgehead atoms. The van der Waals surface area contributed by atoms with Gasteiger partial charge in [0, 0.05) is 26.6 Å². The highest BCUT2D eigenvalue weighted by atomic mass is 79.9. The Labute approximate surface area is 142 Å². The van der Waals surface area contributed by atoms with Crippen molar-refractivity contribution in [2.24, 2.45) is 0 Å². The Hall–Kier alpha value is -0.710. The third-order valence-electron chi connectivity index (χ3n) is 3.56. The van der Waals surface area contributed by atoms with E-state index in [4.69, 9.17) is 0 Å². The maximum absolute atomic E-state index is 14.0. The molecule has 0 aliphatic rings. The fourth-order valence-corrected chi connectivity index (χ4v) is 2.99. The van der Waals surface area contributed by atoms with Crippen LogP contribution in [0, 0.1) is 5.82 Å². The molecule has 0 amide bonds. The molecule has 0 fully saturated rings. The highest BCUT2D eigenvalue weighted by Gasteiger charge is 2.16. The number of halogens is 3. The van der Waals surface area contributed by atoms with Gasteiger partial charge in [-0.05, 0) is 43.2 Å². The fraction of sp³-hybridized carbons (Fsp3) is 0.294. The molecule has 0 saturated carbocycles. The van der Waals surface area contributed by atoms with Gasteiger partial charge in [0.15, 0.2) is 0 Å². The first-order valence-electron chi connectivity index (χ1n) is 6.97.